The molecule has 0 bridgehead atoms. The third kappa shape index (κ3) is 3.00. The summed E-state index contributed by atoms with van der Waals surface area (Å²) in [4.78, 5) is 18.5. The second-order valence-electron chi connectivity index (χ2n) is 5.74. The van der Waals surface area contributed by atoms with E-state index in [2.05, 4.69) is 20.9 Å². The summed E-state index contributed by atoms with van der Waals surface area (Å²) in [6, 6.07) is 4.95. The van der Waals surface area contributed by atoms with Gasteiger partial charge in [-0.25, -0.2) is 13.4 Å². The number of carbonyl (C=O) groups excluding carboxylic acids is 1. The minimum Gasteiger partial charge on any atom is -0.336 e. The molecule has 1 fully saturated rings. The van der Waals surface area contributed by atoms with E-state index in [0.717, 1.165) is 0 Å². The molecular formula is C15H14BrClN2O3S2. The van der Waals surface area contributed by atoms with Crippen LogP contribution in [-0.2, 0) is 14.6 Å². The number of amides is 1. The van der Waals surface area contributed by atoms with Crippen LogP contribution in [0.2, 0.25) is 5.02 Å². The smallest absolute Gasteiger partial charge is 0.253 e. The van der Waals surface area contributed by atoms with E-state index >= 15 is 0 Å². The van der Waals surface area contributed by atoms with E-state index < -0.39 is 14.6 Å². The number of benzene rings is 1. The molecular weight excluding hydrogens is 436 g/mol. The molecule has 5 nitrogen and oxygen atoms in total. The Morgan fingerprint density at radius 2 is 2.21 bits per heavy atom. The summed E-state index contributed by atoms with van der Waals surface area (Å²) in [6.45, 7) is 1.88. The molecule has 1 aromatic heterocycles. The van der Waals surface area contributed by atoms with Crippen molar-refractivity contribution in [2.75, 3.05) is 18.8 Å². The molecule has 1 aliphatic heterocycles. The molecule has 0 spiro atoms. The molecule has 1 aliphatic rings. The summed E-state index contributed by atoms with van der Waals surface area (Å²) in [6.07, 6.45) is 1.58. The van der Waals surface area contributed by atoms with Crippen LogP contribution in [0.5, 0.6) is 0 Å². The fraction of sp³-hybridized carbons (Fsp3) is 0.333. The molecule has 128 valence electrons. The van der Waals surface area contributed by atoms with Crippen LogP contribution in [0, 0.1) is 0 Å². The first-order valence-electron chi connectivity index (χ1n) is 7.11. The molecule has 3 rings (SSSR count). The van der Waals surface area contributed by atoms with Crippen LogP contribution in [0.3, 0.4) is 0 Å². The highest BCUT2D eigenvalue weighted by molar-refractivity contribution is 9.10. The van der Waals surface area contributed by atoms with Crippen molar-refractivity contribution in [1.29, 1.82) is 0 Å². The van der Waals surface area contributed by atoms with Gasteiger partial charge in [0.25, 0.3) is 5.91 Å². The number of hydrogen-bond acceptors (Lipinski definition) is 5. The Labute approximate surface area is 157 Å². The van der Waals surface area contributed by atoms with Gasteiger partial charge in [-0.15, -0.1) is 11.3 Å². The number of nitrogens with zero attached hydrogens (tertiary/aromatic N) is 2. The van der Waals surface area contributed by atoms with Gasteiger partial charge >= 0.3 is 0 Å². The van der Waals surface area contributed by atoms with Crippen molar-refractivity contribution in [1.82, 2.24) is 9.88 Å². The van der Waals surface area contributed by atoms with Crippen LogP contribution >= 0.6 is 38.9 Å². The molecule has 1 aromatic carbocycles. The number of halogens is 2. The molecule has 1 atom stereocenters. The SMILES string of the molecule is C[C@]1(c2nccs2)CN(C(=O)c2ccc(Br)c(Cl)c2)CCS1(=O)=O. The quantitative estimate of drug-likeness (QED) is 0.705. The van der Waals surface area contributed by atoms with Crippen molar-refractivity contribution in [3.8, 4) is 0 Å². The summed E-state index contributed by atoms with van der Waals surface area (Å²) >= 11 is 10.6. The first-order chi connectivity index (χ1) is 11.2. The second kappa shape index (κ2) is 6.40. The van der Waals surface area contributed by atoms with Gasteiger partial charge in [0.05, 0.1) is 10.8 Å². The van der Waals surface area contributed by atoms with Crippen molar-refractivity contribution >= 4 is 54.6 Å². The fourth-order valence-corrected chi connectivity index (χ4v) is 5.89. The minimum absolute atomic E-state index is 0.0787. The summed E-state index contributed by atoms with van der Waals surface area (Å²) in [7, 11) is -3.39. The number of aromatic nitrogens is 1. The first kappa shape index (κ1) is 17.8. The number of hydrogen-bond donors (Lipinski definition) is 0. The van der Waals surface area contributed by atoms with Crippen LogP contribution in [0.4, 0.5) is 0 Å². The van der Waals surface area contributed by atoms with Crippen molar-refractivity contribution < 1.29 is 13.2 Å². The molecule has 1 saturated heterocycles. The Hall–Kier alpha value is -0.960. The summed E-state index contributed by atoms with van der Waals surface area (Å²) in [5.74, 6) is -0.318. The minimum atomic E-state index is -3.39. The largest absolute Gasteiger partial charge is 0.336 e. The standard InChI is InChI=1S/C15H14BrClN2O3S2/c1-15(14-18-4-6-23-14)9-19(5-7-24(15,21)22)13(20)10-2-3-11(16)12(17)8-10/h2-4,6,8H,5,7,9H2,1H3/t15-/m1/s1. The molecule has 2 aromatic rings. The number of thiazole rings is 1. The van der Waals surface area contributed by atoms with Crippen LogP contribution in [0.1, 0.15) is 22.3 Å². The maximum absolute atomic E-state index is 12.8. The Morgan fingerprint density at radius 1 is 1.46 bits per heavy atom. The lowest BCUT2D eigenvalue weighted by atomic mass is 10.1. The number of sulfone groups is 1. The normalized spacial score (nSPS) is 23.2. The maximum atomic E-state index is 12.8. The van der Waals surface area contributed by atoms with E-state index in [1.165, 1.54) is 11.3 Å². The van der Waals surface area contributed by atoms with Gasteiger partial charge in [-0.2, -0.15) is 0 Å². The van der Waals surface area contributed by atoms with Gasteiger partial charge in [0, 0.05) is 34.7 Å². The maximum Gasteiger partial charge on any atom is 0.253 e. The van der Waals surface area contributed by atoms with Crippen LogP contribution in [0.25, 0.3) is 0 Å². The average Bonchev–Trinajstić information content (AvgIpc) is 3.07. The van der Waals surface area contributed by atoms with Crippen molar-refractivity contribution in [2.24, 2.45) is 0 Å². The van der Waals surface area contributed by atoms with Gasteiger partial charge in [-0.3, -0.25) is 4.79 Å². The lowest BCUT2D eigenvalue weighted by molar-refractivity contribution is 0.0739. The predicted octanol–water partition coefficient (Wildman–Crippen LogP) is 3.35. The molecule has 0 N–H and O–H groups in total. The third-order valence-corrected chi connectivity index (χ3v) is 8.96. The third-order valence-electron chi connectivity index (χ3n) is 4.15. The lowest BCUT2D eigenvalue weighted by Crippen LogP contribution is -2.54. The summed E-state index contributed by atoms with van der Waals surface area (Å²) in [5.41, 5.74) is 0.434. The van der Waals surface area contributed by atoms with Gasteiger partial charge in [-0.05, 0) is 41.1 Å². The van der Waals surface area contributed by atoms with E-state index in [-0.39, 0.29) is 24.7 Å². The Kier molecular flexibility index (Phi) is 4.76. The molecule has 0 saturated carbocycles. The predicted molar refractivity (Wildman–Crippen MR) is 98.3 cm³/mol. The van der Waals surface area contributed by atoms with Crippen LogP contribution < -0.4 is 0 Å². The van der Waals surface area contributed by atoms with E-state index in [1.54, 1.807) is 41.6 Å². The highest BCUT2D eigenvalue weighted by Crippen LogP contribution is 2.36. The summed E-state index contributed by atoms with van der Waals surface area (Å²) in [5, 5.41) is 2.69. The van der Waals surface area contributed by atoms with Crippen LogP contribution in [-0.4, -0.2) is 43.1 Å². The zero-order valence-electron chi connectivity index (χ0n) is 12.7. The van der Waals surface area contributed by atoms with E-state index in [9.17, 15) is 13.2 Å². The Morgan fingerprint density at radius 3 is 2.83 bits per heavy atom. The fourth-order valence-electron chi connectivity index (χ4n) is 2.67. The molecule has 0 radical (unpaired) electrons. The molecule has 24 heavy (non-hydrogen) atoms. The van der Waals surface area contributed by atoms with Gasteiger partial charge in [0.1, 0.15) is 9.75 Å². The van der Waals surface area contributed by atoms with Crippen molar-refractivity contribution in [3.05, 3.63) is 49.8 Å². The van der Waals surface area contributed by atoms with Crippen LogP contribution in [0.15, 0.2) is 34.2 Å². The van der Waals surface area contributed by atoms with Crippen molar-refractivity contribution in [3.63, 3.8) is 0 Å². The highest BCUT2D eigenvalue weighted by Gasteiger charge is 2.48. The number of carbonyl (C=O) groups is 1. The van der Waals surface area contributed by atoms with E-state index in [1.807, 2.05) is 0 Å². The van der Waals surface area contributed by atoms with E-state index in [4.69, 9.17) is 11.6 Å². The molecule has 9 heteroatoms. The van der Waals surface area contributed by atoms with Gasteiger partial charge in [-0.1, -0.05) is 11.6 Å². The number of rotatable bonds is 2. The highest BCUT2D eigenvalue weighted by atomic mass is 79.9. The molecule has 1 amide bonds. The second-order valence-corrected chi connectivity index (χ2v) is 10.4. The zero-order chi connectivity index (χ0) is 17.5. The molecule has 0 aliphatic carbocycles. The average molecular weight is 450 g/mol. The molecule has 0 unspecified atom stereocenters. The van der Waals surface area contributed by atoms with E-state index in [0.29, 0.717) is 20.1 Å². The Bertz CT molecular complexity index is 886. The molecule has 2 heterocycles. The Balaban J connectivity index is 1.93. The van der Waals surface area contributed by atoms with Gasteiger partial charge < -0.3 is 4.90 Å². The first-order valence-corrected chi connectivity index (χ1v) is 10.8. The zero-order valence-corrected chi connectivity index (χ0v) is 16.7. The van der Waals surface area contributed by atoms with Gasteiger partial charge in [0.15, 0.2) is 9.84 Å². The lowest BCUT2D eigenvalue weighted by Gasteiger charge is -2.38. The topological polar surface area (TPSA) is 67.3 Å². The van der Waals surface area contributed by atoms with Crippen molar-refractivity contribution in [2.45, 2.75) is 11.7 Å². The van der Waals surface area contributed by atoms with Gasteiger partial charge in [0.2, 0.25) is 0 Å². The summed E-state index contributed by atoms with van der Waals surface area (Å²) < 4.78 is 24.7. The monoisotopic (exact) mass is 448 g/mol.